The molecule has 1 aliphatic heterocycles. The van der Waals surface area contributed by atoms with E-state index in [1.54, 1.807) is 6.20 Å². The first-order valence-corrected chi connectivity index (χ1v) is 17.7. The number of nitrogens with zero attached hydrogens (tertiary/aromatic N) is 4. The smallest absolute Gasteiger partial charge is 0.149 e. The molecule has 0 saturated carbocycles. The van der Waals surface area contributed by atoms with Gasteiger partial charge in [-0.05, 0) is 88.8 Å². The van der Waals surface area contributed by atoms with Crippen LogP contribution >= 0.6 is 0 Å². The zero-order valence-electron chi connectivity index (χ0n) is 29.6. The number of aromatic nitrogens is 2. The average molecular weight is 699 g/mol. The fraction of sp³-hybridized carbons (Fsp3) is 0.109. The van der Waals surface area contributed by atoms with E-state index >= 15 is 4.39 Å². The summed E-state index contributed by atoms with van der Waals surface area (Å²) in [6.45, 7) is 6.95. The molecule has 0 saturated heterocycles. The Bertz CT molecular complexity index is 2650. The van der Waals surface area contributed by atoms with Gasteiger partial charge in [-0.2, -0.15) is 0 Å². The van der Waals surface area contributed by atoms with Gasteiger partial charge in [0.15, 0.2) is 0 Å². The summed E-state index contributed by atoms with van der Waals surface area (Å²) in [6.07, 6.45) is 1.81. The number of anilines is 4. The normalized spacial score (nSPS) is 12.8. The summed E-state index contributed by atoms with van der Waals surface area (Å²) in [4.78, 5) is 8.70. The molecule has 0 unspecified atom stereocenters. The van der Waals surface area contributed by atoms with Crippen molar-refractivity contribution in [1.82, 2.24) is 9.55 Å². The monoisotopic (exact) mass is 698 g/mol. The third-order valence-electron chi connectivity index (χ3n) is 9.99. The van der Waals surface area contributed by atoms with Crippen LogP contribution in [0.2, 0.25) is 0 Å². The Morgan fingerprint density at radius 3 is 2.08 bits per heavy atom. The maximum atomic E-state index is 15.2. The number of rotatable bonds is 6. The van der Waals surface area contributed by atoms with E-state index in [0.717, 1.165) is 61.9 Å². The first-order valence-electron chi connectivity index (χ1n) is 17.7. The highest BCUT2D eigenvalue weighted by atomic mass is 19.1. The topological polar surface area (TPSA) is 33.5 Å². The van der Waals surface area contributed by atoms with Crippen LogP contribution < -0.4 is 14.5 Å². The quantitative estimate of drug-likeness (QED) is 0.173. The summed E-state index contributed by atoms with van der Waals surface area (Å²) < 4.78 is 38.1. The van der Waals surface area contributed by atoms with Gasteiger partial charge in [0, 0.05) is 40.9 Å². The molecule has 7 heteroatoms. The van der Waals surface area contributed by atoms with E-state index in [1.165, 1.54) is 17.7 Å². The Morgan fingerprint density at radius 1 is 0.585 bits per heavy atom. The van der Waals surface area contributed by atoms with Crippen LogP contribution in [0.3, 0.4) is 0 Å². The summed E-state index contributed by atoms with van der Waals surface area (Å²) in [7, 11) is 0. The van der Waals surface area contributed by atoms with Crippen molar-refractivity contribution in [2.24, 2.45) is 0 Å². The molecule has 2 aromatic heterocycles. The maximum absolute atomic E-state index is 15.2. The minimum absolute atomic E-state index is 0.0172. The summed E-state index contributed by atoms with van der Waals surface area (Å²) in [6, 6.07) is 46.9. The molecule has 0 amide bonds. The molecule has 53 heavy (non-hydrogen) atoms. The second-order valence-corrected chi connectivity index (χ2v) is 14.4. The van der Waals surface area contributed by atoms with Crippen molar-refractivity contribution in [1.29, 1.82) is 0 Å². The largest absolute Gasteiger partial charge is 0.457 e. The van der Waals surface area contributed by atoms with Gasteiger partial charge in [-0.25, -0.2) is 13.8 Å². The van der Waals surface area contributed by atoms with Crippen molar-refractivity contribution in [3.63, 3.8) is 0 Å². The van der Waals surface area contributed by atoms with Gasteiger partial charge in [0.2, 0.25) is 0 Å². The molecular formula is C46H36F2N4O. The Balaban J connectivity index is 1.17. The highest BCUT2D eigenvalue weighted by Crippen LogP contribution is 2.47. The van der Waals surface area contributed by atoms with Crippen LogP contribution in [0.25, 0.3) is 38.8 Å². The van der Waals surface area contributed by atoms with Gasteiger partial charge in [0.25, 0.3) is 0 Å². The van der Waals surface area contributed by atoms with Gasteiger partial charge >= 0.3 is 0 Å². The lowest BCUT2D eigenvalue weighted by atomic mass is 9.86. The van der Waals surface area contributed by atoms with Crippen LogP contribution in [0, 0.1) is 11.6 Å². The van der Waals surface area contributed by atoms with E-state index in [2.05, 4.69) is 102 Å². The summed E-state index contributed by atoms with van der Waals surface area (Å²) >= 11 is 0. The van der Waals surface area contributed by atoms with Crippen molar-refractivity contribution in [2.45, 2.75) is 26.2 Å². The molecule has 8 aromatic rings. The van der Waals surface area contributed by atoms with Gasteiger partial charge in [-0.3, -0.25) is 4.57 Å². The Hall–Kier alpha value is -6.47. The van der Waals surface area contributed by atoms with Crippen LogP contribution in [0.1, 0.15) is 26.3 Å². The van der Waals surface area contributed by atoms with Gasteiger partial charge in [0.1, 0.15) is 35.6 Å². The van der Waals surface area contributed by atoms with Crippen molar-refractivity contribution < 1.29 is 13.5 Å². The number of ether oxygens (including phenoxy) is 1. The molecule has 1 aliphatic rings. The fourth-order valence-electron chi connectivity index (χ4n) is 7.35. The Labute approximate surface area is 307 Å². The predicted molar refractivity (Wildman–Crippen MR) is 211 cm³/mol. The summed E-state index contributed by atoms with van der Waals surface area (Å²) in [5.74, 6) is 0.938. The van der Waals surface area contributed by atoms with Crippen LogP contribution in [0.15, 0.2) is 152 Å². The minimum Gasteiger partial charge on any atom is -0.457 e. The second kappa shape index (κ2) is 12.6. The molecule has 0 fully saturated rings. The van der Waals surface area contributed by atoms with Gasteiger partial charge in [-0.1, -0.05) is 81.4 Å². The summed E-state index contributed by atoms with van der Waals surface area (Å²) in [5, 5.41) is 2.24. The highest BCUT2D eigenvalue weighted by Gasteiger charge is 2.30. The maximum Gasteiger partial charge on any atom is 0.149 e. The van der Waals surface area contributed by atoms with Gasteiger partial charge < -0.3 is 14.5 Å². The minimum atomic E-state index is -0.614. The standard InChI is InChI=1S/C46H36F2N4O/c1-46(2,3)32-17-15-30(16-18-32)31-24-34(50-29-51(43-13-7-6-12-42(43)50)41-22-19-33(47)26-39(41)48)27-36(25-31)53-35-20-21-38-37-10-4-5-11-40(37)52(44(38)28-35)45-14-8-9-23-49-45/h4-28H,29H2,1-3H3. The van der Waals surface area contributed by atoms with Crippen molar-refractivity contribution in [3.05, 3.63) is 169 Å². The van der Waals surface area contributed by atoms with Crippen molar-refractivity contribution >= 4 is 44.6 Å². The van der Waals surface area contributed by atoms with E-state index in [9.17, 15) is 4.39 Å². The lowest BCUT2D eigenvalue weighted by Crippen LogP contribution is -2.24. The molecule has 5 nitrogen and oxygen atoms in total. The first kappa shape index (κ1) is 32.4. The van der Waals surface area contributed by atoms with E-state index in [0.29, 0.717) is 23.9 Å². The number of pyridine rings is 1. The van der Waals surface area contributed by atoms with Gasteiger partial charge in [-0.15, -0.1) is 0 Å². The molecule has 3 heterocycles. The molecule has 0 radical (unpaired) electrons. The highest BCUT2D eigenvalue weighted by molar-refractivity contribution is 6.09. The molecule has 0 spiro atoms. The second-order valence-electron chi connectivity index (χ2n) is 14.4. The van der Waals surface area contributed by atoms with Crippen molar-refractivity contribution in [3.8, 4) is 28.4 Å². The number of hydrogen-bond acceptors (Lipinski definition) is 4. The van der Waals surface area contributed by atoms with Crippen molar-refractivity contribution in [2.75, 3.05) is 16.5 Å². The number of fused-ring (bicyclic) bond motifs is 4. The molecule has 0 bridgehead atoms. The molecule has 0 aliphatic carbocycles. The zero-order chi connectivity index (χ0) is 36.3. The first-order chi connectivity index (χ1) is 25.7. The van der Waals surface area contributed by atoms with E-state index in [1.807, 2.05) is 65.6 Å². The zero-order valence-corrected chi connectivity index (χ0v) is 29.6. The average Bonchev–Trinajstić information content (AvgIpc) is 3.71. The number of halogens is 2. The van der Waals surface area contributed by atoms with E-state index in [-0.39, 0.29) is 5.41 Å². The van der Waals surface area contributed by atoms with E-state index < -0.39 is 11.6 Å². The third kappa shape index (κ3) is 5.84. The van der Waals surface area contributed by atoms with Crippen LogP contribution in [-0.2, 0) is 5.41 Å². The molecule has 6 aromatic carbocycles. The Morgan fingerprint density at radius 2 is 1.32 bits per heavy atom. The van der Waals surface area contributed by atoms with Gasteiger partial charge in [0.05, 0.1) is 28.1 Å². The number of benzene rings is 6. The Kier molecular flexibility index (Phi) is 7.73. The molecule has 260 valence electrons. The van der Waals surface area contributed by atoms with Crippen LogP contribution in [-0.4, -0.2) is 16.2 Å². The lowest BCUT2D eigenvalue weighted by molar-refractivity contribution is 0.483. The molecular weight excluding hydrogens is 663 g/mol. The molecule has 0 N–H and O–H groups in total. The fourth-order valence-corrected chi connectivity index (χ4v) is 7.35. The lowest BCUT2D eigenvalue weighted by Gasteiger charge is -2.24. The third-order valence-corrected chi connectivity index (χ3v) is 9.99. The number of para-hydroxylation sites is 3. The van der Waals surface area contributed by atoms with Crippen LogP contribution in [0.5, 0.6) is 11.5 Å². The molecule has 9 rings (SSSR count). The SMILES string of the molecule is CC(C)(C)c1ccc(-c2cc(Oc3ccc4c5ccccc5n(-c5ccccn5)c4c3)cc(N3CN(c4ccc(F)cc4F)c4ccccc43)c2)cc1. The summed E-state index contributed by atoms with van der Waals surface area (Å²) in [5.41, 5.74) is 8.26. The number of hydrogen-bond donors (Lipinski definition) is 0. The predicted octanol–water partition coefficient (Wildman–Crippen LogP) is 12.5. The van der Waals surface area contributed by atoms with E-state index in [4.69, 9.17) is 4.74 Å². The molecule has 0 atom stereocenters. The van der Waals surface area contributed by atoms with Crippen LogP contribution in [0.4, 0.5) is 31.5 Å².